The smallest absolute Gasteiger partial charge is 0.307 e. The van der Waals surface area contributed by atoms with Crippen LogP contribution in [0.25, 0.3) is 0 Å². The van der Waals surface area contributed by atoms with Crippen LogP contribution >= 0.6 is 0 Å². The summed E-state index contributed by atoms with van der Waals surface area (Å²) in [5, 5.41) is 9.13. The van der Waals surface area contributed by atoms with Crippen LogP contribution in [0.2, 0.25) is 0 Å². The van der Waals surface area contributed by atoms with Gasteiger partial charge < -0.3 is 9.84 Å². The summed E-state index contributed by atoms with van der Waals surface area (Å²) in [7, 11) is 0. The molecule has 0 radical (unpaired) electrons. The fraction of sp³-hybridized carbons (Fsp3) is 0.632. The Balaban J connectivity index is 1.72. The number of likely N-dealkylation sites (tertiary alicyclic amines) is 1. The number of aliphatic carboxylic acids is 1. The molecule has 1 aromatic rings. The molecule has 1 heterocycles. The van der Waals surface area contributed by atoms with Crippen molar-refractivity contribution in [3.63, 3.8) is 0 Å². The van der Waals surface area contributed by atoms with Crippen LogP contribution in [0.1, 0.15) is 43.4 Å². The Hall–Kier alpha value is -1.55. The van der Waals surface area contributed by atoms with Crippen molar-refractivity contribution in [2.75, 3.05) is 19.7 Å². The third-order valence-electron chi connectivity index (χ3n) is 5.34. The number of hydrogen-bond acceptors (Lipinski definition) is 3. The zero-order valence-corrected chi connectivity index (χ0v) is 14.5. The van der Waals surface area contributed by atoms with E-state index in [1.165, 1.54) is 16.7 Å². The van der Waals surface area contributed by atoms with Crippen molar-refractivity contribution in [3.8, 4) is 5.75 Å². The molecule has 0 aromatic heterocycles. The number of carboxylic acid groups (broad SMARTS) is 1. The Morgan fingerprint density at radius 1 is 1.35 bits per heavy atom. The van der Waals surface area contributed by atoms with Gasteiger partial charge in [0.05, 0.1) is 12.5 Å². The van der Waals surface area contributed by atoms with E-state index in [9.17, 15) is 4.79 Å². The number of fused-ring (bicyclic) bond motifs is 1. The number of piperidine rings is 1. The van der Waals surface area contributed by atoms with Gasteiger partial charge in [0, 0.05) is 19.6 Å². The average molecular weight is 317 g/mol. The summed E-state index contributed by atoms with van der Waals surface area (Å²) < 4.78 is 5.79. The first kappa shape index (κ1) is 16.3. The van der Waals surface area contributed by atoms with E-state index in [0.29, 0.717) is 24.4 Å². The van der Waals surface area contributed by atoms with Gasteiger partial charge in [0.2, 0.25) is 0 Å². The highest BCUT2D eigenvalue weighted by Gasteiger charge is 2.59. The quantitative estimate of drug-likeness (QED) is 0.875. The Bertz CT molecular complexity index is 599. The molecule has 1 saturated carbocycles. The van der Waals surface area contributed by atoms with Gasteiger partial charge >= 0.3 is 5.97 Å². The van der Waals surface area contributed by atoms with Crippen LogP contribution in [0.3, 0.4) is 0 Å². The SMILES string of the molecule is CCOc1cc(C)c(CN2C[C@@H]3C(C(=O)O)[C@@H]3C2)cc1C(C)C. The lowest BCUT2D eigenvalue weighted by molar-refractivity contribution is -0.139. The number of hydrogen-bond donors (Lipinski definition) is 1. The molecule has 1 aliphatic heterocycles. The summed E-state index contributed by atoms with van der Waals surface area (Å²) >= 11 is 0. The van der Waals surface area contributed by atoms with E-state index in [1.807, 2.05) is 6.92 Å². The van der Waals surface area contributed by atoms with Crippen molar-refractivity contribution in [2.24, 2.45) is 17.8 Å². The van der Waals surface area contributed by atoms with E-state index in [1.54, 1.807) is 0 Å². The Labute approximate surface area is 138 Å². The molecule has 3 rings (SSSR count). The number of rotatable bonds is 6. The van der Waals surface area contributed by atoms with Crippen molar-refractivity contribution in [1.82, 2.24) is 4.90 Å². The van der Waals surface area contributed by atoms with Crippen LogP contribution in [-0.4, -0.2) is 35.7 Å². The summed E-state index contributed by atoms with van der Waals surface area (Å²) in [4.78, 5) is 13.5. The second-order valence-corrected chi connectivity index (χ2v) is 7.29. The van der Waals surface area contributed by atoms with Crippen molar-refractivity contribution >= 4 is 5.97 Å². The molecule has 1 unspecified atom stereocenters. The Kier molecular flexibility index (Phi) is 4.37. The summed E-state index contributed by atoms with van der Waals surface area (Å²) in [6.45, 7) is 12.0. The summed E-state index contributed by atoms with van der Waals surface area (Å²) in [5.74, 6) is 1.48. The van der Waals surface area contributed by atoms with E-state index in [2.05, 4.69) is 37.8 Å². The fourth-order valence-corrected chi connectivity index (χ4v) is 4.00. The molecule has 0 amide bonds. The van der Waals surface area contributed by atoms with E-state index in [-0.39, 0.29) is 5.92 Å². The van der Waals surface area contributed by atoms with Gasteiger partial charge in [-0.3, -0.25) is 9.69 Å². The monoisotopic (exact) mass is 317 g/mol. The highest BCUT2D eigenvalue weighted by atomic mass is 16.5. The number of ether oxygens (including phenoxy) is 1. The normalized spacial score (nSPS) is 26.4. The van der Waals surface area contributed by atoms with Crippen LogP contribution in [0.5, 0.6) is 5.75 Å². The van der Waals surface area contributed by atoms with Gasteiger partial charge in [-0.1, -0.05) is 19.9 Å². The maximum absolute atomic E-state index is 11.1. The predicted molar refractivity (Wildman–Crippen MR) is 89.8 cm³/mol. The molecule has 1 N–H and O–H groups in total. The summed E-state index contributed by atoms with van der Waals surface area (Å²) in [5.41, 5.74) is 3.86. The third kappa shape index (κ3) is 3.09. The molecule has 4 nitrogen and oxygen atoms in total. The Morgan fingerprint density at radius 2 is 2.00 bits per heavy atom. The topological polar surface area (TPSA) is 49.8 Å². The molecular weight excluding hydrogens is 290 g/mol. The van der Waals surface area contributed by atoms with Crippen molar-refractivity contribution in [1.29, 1.82) is 0 Å². The molecule has 1 saturated heterocycles. The minimum Gasteiger partial charge on any atom is -0.494 e. The second kappa shape index (κ2) is 6.16. The molecule has 23 heavy (non-hydrogen) atoms. The standard InChI is InChI=1S/C19H27NO3/c1-5-23-17-6-12(4)13(7-14(17)11(2)3)8-20-9-15-16(10-20)18(15)19(21)22/h6-7,11,15-16,18H,5,8-10H2,1-4H3,(H,21,22)/t15-,16+,18?. The number of carbonyl (C=O) groups is 1. The summed E-state index contributed by atoms with van der Waals surface area (Å²) in [6, 6.07) is 4.44. The van der Waals surface area contributed by atoms with Gasteiger partial charge in [-0.05, 0) is 54.4 Å². The minimum atomic E-state index is -0.612. The first-order chi connectivity index (χ1) is 10.9. The van der Waals surface area contributed by atoms with E-state index in [4.69, 9.17) is 9.84 Å². The molecule has 4 heteroatoms. The molecule has 0 bridgehead atoms. The molecule has 2 aliphatic rings. The van der Waals surface area contributed by atoms with Crippen molar-refractivity contribution in [2.45, 2.75) is 40.2 Å². The van der Waals surface area contributed by atoms with Crippen molar-refractivity contribution in [3.05, 3.63) is 28.8 Å². The molecule has 1 aromatic carbocycles. The number of aryl methyl sites for hydroxylation is 1. The molecule has 0 spiro atoms. The maximum Gasteiger partial charge on any atom is 0.307 e. The third-order valence-corrected chi connectivity index (χ3v) is 5.34. The molecule has 2 fully saturated rings. The van der Waals surface area contributed by atoms with Crippen LogP contribution in [0.4, 0.5) is 0 Å². The van der Waals surface area contributed by atoms with E-state index >= 15 is 0 Å². The van der Waals surface area contributed by atoms with Gasteiger partial charge in [-0.15, -0.1) is 0 Å². The zero-order chi connectivity index (χ0) is 16.7. The van der Waals surface area contributed by atoms with Gasteiger partial charge in [-0.2, -0.15) is 0 Å². The van der Waals surface area contributed by atoms with Crippen LogP contribution in [-0.2, 0) is 11.3 Å². The first-order valence-electron chi connectivity index (χ1n) is 8.63. The van der Waals surface area contributed by atoms with Crippen molar-refractivity contribution < 1.29 is 14.6 Å². The van der Waals surface area contributed by atoms with Gasteiger partial charge in [-0.25, -0.2) is 0 Å². The van der Waals surface area contributed by atoms with E-state index < -0.39 is 5.97 Å². The van der Waals surface area contributed by atoms with E-state index in [0.717, 1.165) is 25.4 Å². The molecule has 3 atom stereocenters. The number of benzene rings is 1. The highest BCUT2D eigenvalue weighted by molar-refractivity contribution is 5.74. The van der Waals surface area contributed by atoms with Gasteiger partial charge in [0.1, 0.15) is 5.75 Å². The molecular formula is C19H27NO3. The molecule has 1 aliphatic carbocycles. The molecule has 126 valence electrons. The second-order valence-electron chi connectivity index (χ2n) is 7.29. The number of nitrogens with zero attached hydrogens (tertiary/aromatic N) is 1. The van der Waals surface area contributed by atoms with Crippen LogP contribution < -0.4 is 4.74 Å². The highest BCUT2D eigenvalue weighted by Crippen LogP contribution is 2.52. The lowest BCUT2D eigenvalue weighted by atomic mass is 9.96. The van der Waals surface area contributed by atoms with Crippen LogP contribution in [0.15, 0.2) is 12.1 Å². The Morgan fingerprint density at radius 3 is 2.52 bits per heavy atom. The average Bonchev–Trinajstić information content (AvgIpc) is 2.99. The minimum absolute atomic E-state index is 0.0843. The largest absolute Gasteiger partial charge is 0.494 e. The summed E-state index contributed by atoms with van der Waals surface area (Å²) in [6.07, 6.45) is 0. The predicted octanol–water partition coefficient (Wildman–Crippen LogP) is 3.28. The lowest BCUT2D eigenvalue weighted by Crippen LogP contribution is -2.26. The maximum atomic E-state index is 11.1. The first-order valence-corrected chi connectivity index (χ1v) is 8.63. The lowest BCUT2D eigenvalue weighted by Gasteiger charge is -2.22. The fourth-order valence-electron chi connectivity index (χ4n) is 4.00. The number of carboxylic acids is 1. The van der Waals surface area contributed by atoms with Gasteiger partial charge in [0.25, 0.3) is 0 Å². The van der Waals surface area contributed by atoms with Crippen LogP contribution in [0, 0.1) is 24.7 Å². The zero-order valence-electron chi connectivity index (χ0n) is 14.5. The van der Waals surface area contributed by atoms with Gasteiger partial charge in [0.15, 0.2) is 0 Å².